The Kier molecular flexibility index (Phi) is 19.1. The first-order valence-corrected chi connectivity index (χ1v) is 24.2. The molecule has 5 aromatic heterocycles. The van der Waals surface area contributed by atoms with Crippen LogP contribution in [0.15, 0.2) is 88.3 Å². The van der Waals surface area contributed by atoms with E-state index in [0.29, 0.717) is 62.9 Å². The van der Waals surface area contributed by atoms with Crippen LogP contribution in [0.1, 0.15) is 86.1 Å². The van der Waals surface area contributed by atoms with Crippen LogP contribution < -0.4 is 21.9 Å². The van der Waals surface area contributed by atoms with Crippen LogP contribution in [0, 0.1) is 20.8 Å². The number of esters is 2. The number of thiazole rings is 2. The van der Waals surface area contributed by atoms with Crippen LogP contribution in [0.5, 0.6) is 0 Å². The highest BCUT2D eigenvalue weighted by molar-refractivity contribution is 7.10. The van der Waals surface area contributed by atoms with E-state index in [1.807, 2.05) is 78.6 Å². The quantitative estimate of drug-likeness (QED) is 0.0222. The molecule has 0 radical (unpaired) electrons. The van der Waals surface area contributed by atoms with Crippen LogP contribution in [-0.4, -0.2) is 85.2 Å². The van der Waals surface area contributed by atoms with E-state index in [4.69, 9.17) is 43.5 Å². The highest BCUT2D eigenvalue weighted by atomic mass is 35.5. The van der Waals surface area contributed by atoms with Gasteiger partial charge >= 0.3 is 24.3 Å². The van der Waals surface area contributed by atoms with Gasteiger partial charge in [-0.1, -0.05) is 80.3 Å². The maximum atomic E-state index is 12.9. The monoisotopic (exact) mass is 1120 g/mol. The summed E-state index contributed by atoms with van der Waals surface area (Å²) in [7, 11) is 0. The minimum atomic E-state index is -5.62. The molecule has 3 amide bonds. The van der Waals surface area contributed by atoms with Crippen molar-refractivity contribution < 1.29 is 59.6 Å². The molecule has 0 spiro atoms. The Labute approximate surface area is 441 Å². The number of hydrogen-bond donors (Lipinski definition) is 4. The molecule has 0 unspecified atom stereocenters. The fourth-order valence-electron chi connectivity index (χ4n) is 6.09. The molecule has 17 nitrogen and oxygen atoms in total. The summed E-state index contributed by atoms with van der Waals surface area (Å²) in [6, 6.07) is 18.3. The predicted octanol–water partition coefficient (Wildman–Crippen LogP) is 9.89. The van der Waals surface area contributed by atoms with Crippen molar-refractivity contribution in [1.29, 1.82) is 0 Å². The molecule has 5 N–H and O–H groups in total. The van der Waals surface area contributed by atoms with Gasteiger partial charge in [0.15, 0.2) is 0 Å². The Morgan fingerprint density at radius 2 is 1.05 bits per heavy atom. The SMILES string of the molecule is Cc1nc(-c2cnc(C)c(C(=O)NCC(C)(C)c3nc(-c4ccc(Cl)cc4)cs3)c2)no1.Cc1ncc(C(=O)NN)cc1C(=O)NCC(C)(C)c1nc(-c2ccc(Cl)cc2)cs1.O=C(OC(=O)C(F)(F)F)C(F)(F)F. The van der Waals surface area contributed by atoms with Crippen molar-refractivity contribution in [2.24, 2.45) is 5.84 Å². The Balaban J connectivity index is 0.000000226. The zero-order valence-corrected chi connectivity index (χ0v) is 43.6. The largest absolute Gasteiger partial charge is 0.491 e. The smallest absolute Gasteiger partial charge is 0.380 e. The Morgan fingerprint density at radius 3 is 1.45 bits per heavy atom. The lowest BCUT2D eigenvalue weighted by Gasteiger charge is -2.22. The topological polar surface area (TPSA) is 247 Å². The molecule has 27 heteroatoms. The molecule has 7 rings (SSSR count). The second-order valence-electron chi connectivity index (χ2n) is 17.2. The number of alkyl halides is 6. The van der Waals surface area contributed by atoms with Gasteiger partial charge in [-0.2, -0.15) is 31.3 Å². The Bertz CT molecular complexity index is 3160. The zero-order chi connectivity index (χ0) is 55.6. The fraction of sp³-hybridized carbons (Fsp3) is 0.271. The summed E-state index contributed by atoms with van der Waals surface area (Å²) >= 11 is 15.0. The van der Waals surface area contributed by atoms with E-state index in [1.165, 1.54) is 12.3 Å². The number of aromatic nitrogens is 6. The van der Waals surface area contributed by atoms with Gasteiger partial charge < -0.3 is 19.9 Å². The molecule has 75 heavy (non-hydrogen) atoms. The number of carbonyl (C=O) groups is 5. The summed E-state index contributed by atoms with van der Waals surface area (Å²) in [6.07, 6.45) is -8.23. The summed E-state index contributed by atoms with van der Waals surface area (Å²) < 4.78 is 74.7. The van der Waals surface area contributed by atoms with Crippen LogP contribution in [0.4, 0.5) is 26.3 Å². The molecule has 2 aromatic carbocycles. The van der Waals surface area contributed by atoms with Crippen molar-refractivity contribution in [1.82, 2.24) is 46.1 Å². The van der Waals surface area contributed by atoms with E-state index in [-0.39, 0.29) is 22.8 Å². The van der Waals surface area contributed by atoms with Crippen molar-refractivity contribution in [2.75, 3.05) is 13.1 Å². The molecule has 0 fully saturated rings. The molecular formula is C48H44Cl2F6N10O7S2. The number of carbonyl (C=O) groups excluding carboxylic acids is 5. The molecular weight excluding hydrogens is 1080 g/mol. The van der Waals surface area contributed by atoms with Gasteiger partial charge in [0, 0.05) is 80.7 Å². The van der Waals surface area contributed by atoms with Gasteiger partial charge in [0.25, 0.3) is 17.7 Å². The first-order valence-electron chi connectivity index (χ1n) is 21.6. The molecule has 0 aliphatic heterocycles. The molecule has 0 aliphatic carbocycles. The first-order chi connectivity index (χ1) is 35.0. The van der Waals surface area contributed by atoms with E-state index in [2.05, 4.69) is 49.3 Å². The van der Waals surface area contributed by atoms with Gasteiger partial charge in [0.05, 0.1) is 39.5 Å². The summed E-state index contributed by atoms with van der Waals surface area (Å²) in [5.41, 5.74) is 7.85. The second kappa shape index (κ2) is 24.4. The second-order valence-corrected chi connectivity index (χ2v) is 19.8. The minimum Gasteiger partial charge on any atom is -0.380 e. The van der Waals surface area contributed by atoms with E-state index in [1.54, 1.807) is 55.7 Å². The summed E-state index contributed by atoms with van der Waals surface area (Å²) in [4.78, 5) is 78.9. The van der Waals surface area contributed by atoms with E-state index < -0.39 is 35.6 Å². The summed E-state index contributed by atoms with van der Waals surface area (Å²) in [5, 5.41) is 17.1. The Hall–Kier alpha value is -7.19. The van der Waals surface area contributed by atoms with E-state index in [0.717, 1.165) is 32.5 Å². The summed E-state index contributed by atoms with van der Waals surface area (Å²) in [6.45, 7) is 14.2. The average molecular weight is 1120 g/mol. The number of ether oxygens (including phenoxy) is 1. The number of nitrogens with two attached hydrogens (primary N) is 1. The normalized spacial score (nSPS) is 11.6. The lowest BCUT2D eigenvalue weighted by atomic mass is 9.94. The van der Waals surface area contributed by atoms with Gasteiger partial charge in [-0.3, -0.25) is 29.8 Å². The fourth-order valence-corrected chi connectivity index (χ4v) is 8.25. The van der Waals surface area contributed by atoms with Crippen molar-refractivity contribution in [2.45, 2.75) is 71.6 Å². The van der Waals surface area contributed by atoms with Crippen molar-refractivity contribution in [3.8, 4) is 33.9 Å². The number of benzene rings is 2. The van der Waals surface area contributed by atoms with Gasteiger partial charge in [-0.05, 0) is 50.2 Å². The first kappa shape index (κ1) is 58.7. The number of aryl methyl sites for hydroxylation is 3. The number of halogens is 8. The van der Waals surface area contributed by atoms with E-state index in [9.17, 15) is 50.3 Å². The summed E-state index contributed by atoms with van der Waals surface area (Å²) in [5.74, 6) is -1.41. The van der Waals surface area contributed by atoms with Crippen LogP contribution in [0.2, 0.25) is 10.0 Å². The molecule has 0 aliphatic rings. The van der Waals surface area contributed by atoms with Crippen LogP contribution in [0.25, 0.3) is 33.9 Å². The third-order valence-electron chi connectivity index (χ3n) is 10.3. The van der Waals surface area contributed by atoms with Gasteiger partial charge in [-0.15, -0.1) is 22.7 Å². The number of hydrogen-bond acceptors (Lipinski definition) is 16. The molecule has 5 heterocycles. The standard InChI is InChI=1S/C23H22ClN5O2S.C21H22ClN5O2S.C4F6O3/c1-13-18(9-16(10-25-13)20-27-14(2)31-29-20)21(30)26-12-23(3,4)22-28-19(11-32-22)15-5-7-17(24)8-6-15;1-12-16(8-14(9-24-12)18(28)27-23)19(29)25-11-21(2,3)20-26-17(10-30-20)13-4-6-15(22)7-5-13;5-3(6,7)1(11)13-2(12)4(8,9)10/h5-11H,12H2,1-4H3,(H,26,30);4-10H,11,23H2,1-3H3,(H,25,29)(H,27,28);. The Morgan fingerprint density at radius 1 is 0.627 bits per heavy atom. The number of nitrogens with zero attached hydrogens (tertiary/aromatic N) is 6. The number of amides is 3. The lowest BCUT2D eigenvalue weighted by Crippen LogP contribution is -2.37. The number of nitrogens with one attached hydrogen (secondary N) is 3. The van der Waals surface area contributed by atoms with E-state index >= 15 is 0 Å². The van der Waals surface area contributed by atoms with Gasteiger partial charge in [0.1, 0.15) is 10.0 Å². The molecule has 0 saturated carbocycles. The number of hydrazine groups is 1. The maximum absolute atomic E-state index is 12.9. The van der Waals surface area contributed by atoms with Crippen molar-refractivity contribution >= 4 is 75.5 Å². The lowest BCUT2D eigenvalue weighted by molar-refractivity contribution is -0.221. The molecule has 0 bridgehead atoms. The maximum Gasteiger partial charge on any atom is 0.491 e. The zero-order valence-electron chi connectivity index (χ0n) is 40.5. The molecule has 7 aromatic rings. The highest BCUT2D eigenvalue weighted by Gasteiger charge is 2.49. The van der Waals surface area contributed by atoms with Gasteiger partial charge in [-0.25, -0.2) is 25.4 Å². The number of rotatable bonds is 12. The third-order valence-corrected chi connectivity index (χ3v) is 13.2. The van der Waals surface area contributed by atoms with Crippen LogP contribution >= 0.6 is 45.9 Å². The predicted molar refractivity (Wildman–Crippen MR) is 267 cm³/mol. The van der Waals surface area contributed by atoms with Crippen LogP contribution in [-0.2, 0) is 25.2 Å². The third kappa shape index (κ3) is 16.2. The highest BCUT2D eigenvalue weighted by Crippen LogP contribution is 2.33. The van der Waals surface area contributed by atoms with Crippen molar-refractivity contribution in [3.05, 3.63) is 138 Å². The minimum absolute atomic E-state index is 0.209. The van der Waals surface area contributed by atoms with Crippen molar-refractivity contribution in [3.63, 3.8) is 0 Å². The number of nitrogen functional groups attached to an aromatic ring is 1. The number of pyridine rings is 2. The van der Waals surface area contributed by atoms with Gasteiger partial charge in [0.2, 0.25) is 11.7 Å². The molecule has 396 valence electrons. The molecule has 0 saturated heterocycles. The average Bonchev–Trinajstić information content (AvgIpc) is 4.16. The molecule has 0 atom stereocenters. The van der Waals surface area contributed by atoms with Crippen LogP contribution in [0.3, 0.4) is 0 Å².